The lowest BCUT2D eigenvalue weighted by atomic mass is 9.88. The van der Waals surface area contributed by atoms with E-state index in [1.54, 1.807) is 7.11 Å². The van der Waals surface area contributed by atoms with E-state index in [1.807, 2.05) is 36.9 Å². The van der Waals surface area contributed by atoms with Crippen LogP contribution in [0.25, 0.3) is 5.57 Å². The van der Waals surface area contributed by atoms with Crippen LogP contribution in [0.4, 0.5) is 0 Å². The second-order valence-corrected chi connectivity index (χ2v) is 9.03. The summed E-state index contributed by atoms with van der Waals surface area (Å²) in [5.74, 6) is 0.946. The van der Waals surface area contributed by atoms with E-state index in [2.05, 4.69) is 65.6 Å². The molecule has 190 valence electrons. The van der Waals surface area contributed by atoms with E-state index in [0.29, 0.717) is 0 Å². The molecular weight excluding hydrogens is 468 g/mol. The zero-order valence-electron chi connectivity index (χ0n) is 21.6. The van der Waals surface area contributed by atoms with Crippen LogP contribution in [-0.2, 0) is 6.54 Å². The van der Waals surface area contributed by atoms with Crippen LogP contribution in [-0.4, -0.2) is 49.0 Å². The minimum absolute atomic E-state index is 0. The third-order valence-corrected chi connectivity index (χ3v) is 6.89. The van der Waals surface area contributed by atoms with Crippen LogP contribution in [0.3, 0.4) is 0 Å². The zero-order chi connectivity index (χ0) is 24.6. The molecule has 0 bridgehead atoms. The molecule has 4 rings (SSSR count). The zero-order valence-corrected chi connectivity index (χ0v) is 22.4. The predicted molar refractivity (Wildman–Crippen MR) is 151 cm³/mol. The van der Waals surface area contributed by atoms with Crippen molar-refractivity contribution in [3.8, 4) is 5.75 Å². The van der Waals surface area contributed by atoms with Gasteiger partial charge in [0.2, 0.25) is 0 Å². The number of carbonyl (C=O) groups excluding carboxylic acids is 1. The molecule has 0 spiro atoms. The Bertz CT molecular complexity index is 1140. The monoisotopic (exact) mass is 504 g/mol. The fourth-order valence-corrected chi connectivity index (χ4v) is 4.90. The number of nitrogens with zero attached hydrogens (tertiary/aromatic N) is 2. The lowest BCUT2D eigenvalue weighted by molar-refractivity contribution is 0.0773. The Labute approximate surface area is 222 Å². The summed E-state index contributed by atoms with van der Waals surface area (Å²) >= 11 is 0. The average molecular weight is 505 g/mol. The molecule has 1 saturated heterocycles. The Kier molecular flexibility index (Phi) is 10.2. The molecule has 0 saturated carbocycles. The highest BCUT2D eigenvalue weighted by molar-refractivity contribution is 5.95. The highest BCUT2D eigenvalue weighted by Gasteiger charge is 2.20. The van der Waals surface area contributed by atoms with E-state index in [0.717, 1.165) is 62.4 Å². The minimum Gasteiger partial charge on any atom is -0.497 e. The first kappa shape index (κ1) is 27.5. The predicted octanol–water partition coefficient (Wildman–Crippen LogP) is 6.70. The summed E-state index contributed by atoms with van der Waals surface area (Å²) in [6, 6.07) is 27.2. The number of piperidine rings is 1. The molecule has 36 heavy (non-hydrogen) atoms. The SMILES string of the molecule is CCN(CC)C(=O)c1ccc(C(=C2CCN(Cc3ccccc3)CC2)c2cccc(OC)c2)cc1.Cl. The number of hydrogen-bond donors (Lipinski definition) is 0. The van der Waals surface area contributed by atoms with Crippen molar-refractivity contribution in [1.82, 2.24) is 9.80 Å². The van der Waals surface area contributed by atoms with E-state index in [9.17, 15) is 4.79 Å². The average Bonchev–Trinajstić information content (AvgIpc) is 2.91. The van der Waals surface area contributed by atoms with Crippen LogP contribution in [0, 0.1) is 0 Å². The normalized spacial score (nSPS) is 13.6. The molecule has 3 aromatic carbocycles. The highest BCUT2D eigenvalue weighted by atomic mass is 35.5. The van der Waals surface area contributed by atoms with Crippen molar-refractivity contribution in [2.75, 3.05) is 33.3 Å². The maximum absolute atomic E-state index is 12.8. The first-order chi connectivity index (χ1) is 17.1. The van der Waals surface area contributed by atoms with Gasteiger partial charge in [0.25, 0.3) is 5.91 Å². The van der Waals surface area contributed by atoms with Gasteiger partial charge in [0, 0.05) is 38.3 Å². The van der Waals surface area contributed by atoms with Gasteiger partial charge in [0.1, 0.15) is 5.75 Å². The van der Waals surface area contributed by atoms with E-state index in [1.165, 1.54) is 22.3 Å². The molecule has 5 heteroatoms. The van der Waals surface area contributed by atoms with Gasteiger partial charge in [-0.05, 0) is 73.2 Å². The number of halogens is 1. The van der Waals surface area contributed by atoms with Gasteiger partial charge in [0.05, 0.1) is 7.11 Å². The standard InChI is InChI=1S/C31H36N2O2.ClH/c1-4-33(5-2)31(34)27-16-14-25(15-17-27)30(28-12-9-13-29(22-28)35-3)26-18-20-32(21-19-26)23-24-10-7-6-8-11-24;/h6-17,22H,4-5,18-21,23H2,1-3H3;1H. The molecule has 3 aromatic rings. The van der Waals surface area contributed by atoms with Gasteiger partial charge in [-0.1, -0.05) is 60.2 Å². The van der Waals surface area contributed by atoms with Gasteiger partial charge in [0.15, 0.2) is 0 Å². The number of carbonyl (C=O) groups is 1. The number of hydrogen-bond acceptors (Lipinski definition) is 3. The summed E-state index contributed by atoms with van der Waals surface area (Å²) in [5, 5.41) is 0. The Morgan fingerprint density at radius 3 is 2.08 bits per heavy atom. The van der Waals surface area contributed by atoms with E-state index < -0.39 is 0 Å². The number of rotatable bonds is 8. The Hall–Kier alpha value is -3.08. The minimum atomic E-state index is 0. The van der Waals surface area contributed by atoms with Crippen LogP contribution in [0.2, 0.25) is 0 Å². The third kappa shape index (κ3) is 6.57. The fourth-order valence-electron chi connectivity index (χ4n) is 4.90. The van der Waals surface area contributed by atoms with Gasteiger partial charge in [-0.25, -0.2) is 0 Å². The van der Waals surface area contributed by atoms with Crippen molar-refractivity contribution in [1.29, 1.82) is 0 Å². The molecule has 4 nitrogen and oxygen atoms in total. The number of benzene rings is 3. The van der Waals surface area contributed by atoms with Crippen molar-refractivity contribution in [3.05, 3.63) is 107 Å². The Balaban J connectivity index is 0.00000361. The lowest BCUT2D eigenvalue weighted by Gasteiger charge is -2.30. The van der Waals surface area contributed by atoms with Crippen LogP contribution in [0.1, 0.15) is 53.7 Å². The Morgan fingerprint density at radius 2 is 1.47 bits per heavy atom. The molecule has 1 fully saturated rings. The number of ether oxygens (including phenoxy) is 1. The topological polar surface area (TPSA) is 32.8 Å². The maximum atomic E-state index is 12.8. The smallest absolute Gasteiger partial charge is 0.253 e. The quantitative estimate of drug-likeness (QED) is 0.342. The van der Waals surface area contributed by atoms with Gasteiger partial charge < -0.3 is 9.64 Å². The summed E-state index contributed by atoms with van der Waals surface area (Å²) < 4.78 is 5.53. The molecule has 1 heterocycles. The van der Waals surface area contributed by atoms with E-state index in [4.69, 9.17) is 4.74 Å². The van der Waals surface area contributed by atoms with Crippen LogP contribution >= 0.6 is 12.4 Å². The molecule has 0 aliphatic carbocycles. The fraction of sp³-hybridized carbons (Fsp3) is 0.323. The molecule has 0 N–H and O–H groups in total. The summed E-state index contributed by atoms with van der Waals surface area (Å²) in [6.45, 7) is 8.54. The lowest BCUT2D eigenvalue weighted by Crippen LogP contribution is -2.30. The molecular formula is C31H37ClN2O2. The second kappa shape index (κ2) is 13.3. The third-order valence-electron chi connectivity index (χ3n) is 6.89. The van der Waals surface area contributed by atoms with Crippen molar-refractivity contribution >= 4 is 23.9 Å². The molecule has 0 aromatic heterocycles. The number of likely N-dealkylation sites (tertiary alicyclic amines) is 1. The van der Waals surface area contributed by atoms with Crippen molar-refractivity contribution in [2.45, 2.75) is 33.2 Å². The summed E-state index contributed by atoms with van der Waals surface area (Å²) in [6.07, 6.45) is 2.05. The summed E-state index contributed by atoms with van der Waals surface area (Å²) in [5.41, 5.74) is 7.15. The molecule has 0 unspecified atom stereocenters. The van der Waals surface area contributed by atoms with E-state index in [-0.39, 0.29) is 18.3 Å². The first-order valence-electron chi connectivity index (χ1n) is 12.6. The van der Waals surface area contributed by atoms with Gasteiger partial charge >= 0.3 is 0 Å². The van der Waals surface area contributed by atoms with E-state index >= 15 is 0 Å². The van der Waals surface area contributed by atoms with Crippen molar-refractivity contribution in [2.24, 2.45) is 0 Å². The Morgan fingerprint density at radius 1 is 0.833 bits per heavy atom. The largest absolute Gasteiger partial charge is 0.497 e. The maximum Gasteiger partial charge on any atom is 0.253 e. The second-order valence-electron chi connectivity index (χ2n) is 9.03. The summed E-state index contributed by atoms with van der Waals surface area (Å²) in [4.78, 5) is 17.2. The van der Waals surface area contributed by atoms with Crippen molar-refractivity contribution in [3.63, 3.8) is 0 Å². The molecule has 0 atom stereocenters. The van der Waals surface area contributed by atoms with Gasteiger partial charge in [-0.3, -0.25) is 9.69 Å². The molecule has 1 amide bonds. The van der Waals surface area contributed by atoms with Crippen LogP contribution in [0.5, 0.6) is 5.75 Å². The van der Waals surface area contributed by atoms with Crippen molar-refractivity contribution < 1.29 is 9.53 Å². The number of amides is 1. The molecule has 1 aliphatic rings. The van der Waals surface area contributed by atoms with Gasteiger partial charge in [-0.2, -0.15) is 0 Å². The molecule has 1 aliphatic heterocycles. The summed E-state index contributed by atoms with van der Waals surface area (Å²) in [7, 11) is 1.71. The van der Waals surface area contributed by atoms with Crippen LogP contribution < -0.4 is 4.74 Å². The molecule has 0 radical (unpaired) electrons. The van der Waals surface area contributed by atoms with Crippen LogP contribution in [0.15, 0.2) is 84.4 Å². The highest BCUT2D eigenvalue weighted by Crippen LogP contribution is 2.34. The first-order valence-corrected chi connectivity index (χ1v) is 12.6. The number of methoxy groups -OCH3 is 1. The van der Waals surface area contributed by atoms with Gasteiger partial charge in [-0.15, -0.1) is 12.4 Å².